The second-order valence-electron chi connectivity index (χ2n) is 6.05. The average Bonchev–Trinajstić information content (AvgIpc) is 2.64. The predicted octanol–water partition coefficient (Wildman–Crippen LogP) is 3.39. The zero-order chi connectivity index (χ0) is 17.6. The van der Waals surface area contributed by atoms with Crippen molar-refractivity contribution in [3.8, 4) is 11.5 Å². The number of fused-ring (bicyclic) bond motifs is 1. The van der Waals surface area contributed by atoms with E-state index in [1.165, 1.54) is 5.56 Å². The number of amides is 1. The van der Waals surface area contributed by atoms with E-state index in [-0.39, 0.29) is 12.5 Å². The van der Waals surface area contributed by atoms with Gasteiger partial charge in [0.25, 0.3) is 5.91 Å². The van der Waals surface area contributed by atoms with Gasteiger partial charge in [0.15, 0.2) is 6.61 Å². The summed E-state index contributed by atoms with van der Waals surface area (Å²) in [4.78, 5) is 24.8. The van der Waals surface area contributed by atoms with Gasteiger partial charge in [-0.25, -0.2) is 0 Å². The molecule has 0 bridgehead atoms. The number of carbonyl (C=O) groups excluding carboxylic acids is 2. The fourth-order valence-corrected chi connectivity index (χ4v) is 2.73. The summed E-state index contributed by atoms with van der Waals surface area (Å²) in [5.74, 6) is 1.41. The largest absolute Gasteiger partial charge is 0.494 e. The summed E-state index contributed by atoms with van der Waals surface area (Å²) < 4.78 is 11.1. The smallest absolute Gasteiger partial charge is 0.265 e. The molecule has 2 aromatic carbocycles. The lowest BCUT2D eigenvalue weighted by molar-refractivity contribution is -0.121. The second-order valence-corrected chi connectivity index (χ2v) is 6.05. The quantitative estimate of drug-likeness (QED) is 0.573. The molecule has 5 heteroatoms. The number of unbranched alkanes of at least 4 members (excludes halogenated alkanes) is 1. The summed E-state index contributed by atoms with van der Waals surface area (Å²) in [6, 6.07) is 13.1. The molecule has 1 heterocycles. The van der Waals surface area contributed by atoms with Crippen LogP contribution in [0.5, 0.6) is 11.5 Å². The summed E-state index contributed by atoms with van der Waals surface area (Å²) >= 11 is 0. The maximum absolute atomic E-state index is 12.2. The minimum absolute atomic E-state index is 0.0350. The topological polar surface area (TPSA) is 55.8 Å². The Morgan fingerprint density at radius 3 is 2.72 bits per heavy atom. The van der Waals surface area contributed by atoms with Crippen LogP contribution in [0.15, 0.2) is 42.5 Å². The number of hydrogen-bond donors (Lipinski definition) is 0. The van der Waals surface area contributed by atoms with Crippen LogP contribution in [-0.4, -0.2) is 32.0 Å². The molecule has 25 heavy (non-hydrogen) atoms. The number of aldehydes is 1. The molecule has 0 aromatic heterocycles. The molecule has 1 aliphatic rings. The molecule has 0 radical (unpaired) electrons. The zero-order valence-electron chi connectivity index (χ0n) is 14.2. The van der Waals surface area contributed by atoms with E-state index >= 15 is 0 Å². The van der Waals surface area contributed by atoms with Crippen molar-refractivity contribution in [1.82, 2.24) is 0 Å². The van der Waals surface area contributed by atoms with Crippen LogP contribution in [0.25, 0.3) is 0 Å². The van der Waals surface area contributed by atoms with Crippen molar-refractivity contribution in [2.45, 2.75) is 19.8 Å². The number of carbonyl (C=O) groups is 2. The highest BCUT2D eigenvalue weighted by molar-refractivity contribution is 5.98. The summed E-state index contributed by atoms with van der Waals surface area (Å²) in [7, 11) is 0. The van der Waals surface area contributed by atoms with E-state index in [0.717, 1.165) is 24.9 Å². The molecule has 1 aliphatic heterocycles. The van der Waals surface area contributed by atoms with Gasteiger partial charge in [0, 0.05) is 12.1 Å². The number of ether oxygens (including phenoxy) is 2. The van der Waals surface area contributed by atoms with Gasteiger partial charge in [-0.1, -0.05) is 17.7 Å². The fraction of sp³-hybridized carbons (Fsp3) is 0.300. The van der Waals surface area contributed by atoms with Gasteiger partial charge >= 0.3 is 0 Å². The average molecular weight is 339 g/mol. The molecular formula is C20H21NO4. The third-order valence-electron chi connectivity index (χ3n) is 4.13. The number of hydrogen-bond acceptors (Lipinski definition) is 4. The predicted molar refractivity (Wildman–Crippen MR) is 95.6 cm³/mol. The Balaban J connectivity index is 1.53. The van der Waals surface area contributed by atoms with Gasteiger partial charge in [-0.2, -0.15) is 0 Å². The van der Waals surface area contributed by atoms with Crippen molar-refractivity contribution in [3.05, 3.63) is 53.6 Å². The van der Waals surface area contributed by atoms with Crippen molar-refractivity contribution in [2.75, 3.05) is 24.7 Å². The molecule has 2 aromatic rings. The van der Waals surface area contributed by atoms with Gasteiger partial charge in [0.05, 0.1) is 12.3 Å². The fourth-order valence-electron chi connectivity index (χ4n) is 2.73. The molecule has 0 aliphatic carbocycles. The van der Waals surface area contributed by atoms with Crippen LogP contribution in [-0.2, 0) is 4.79 Å². The molecule has 130 valence electrons. The van der Waals surface area contributed by atoms with E-state index in [9.17, 15) is 9.59 Å². The molecule has 0 saturated heterocycles. The Labute approximate surface area is 147 Å². The SMILES string of the molecule is Cc1ccc(OCCCCN2C(=O)COc3ccc(C=O)cc32)cc1. The van der Waals surface area contributed by atoms with Gasteiger partial charge in [-0.05, 0) is 50.1 Å². The maximum atomic E-state index is 12.2. The van der Waals surface area contributed by atoms with Gasteiger partial charge < -0.3 is 14.4 Å². The van der Waals surface area contributed by atoms with Crippen molar-refractivity contribution < 1.29 is 19.1 Å². The van der Waals surface area contributed by atoms with Crippen LogP contribution >= 0.6 is 0 Å². The summed E-state index contributed by atoms with van der Waals surface area (Å²) in [5, 5.41) is 0. The number of anilines is 1. The van der Waals surface area contributed by atoms with Crippen LogP contribution in [0.2, 0.25) is 0 Å². The van der Waals surface area contributed by atoms with E-state index in [1.807, 2.05) is 31.2 Å². The third kappa shape index (κ3) is 4.18. The molecule has 0 saturated carbocycles. The summed E-state index contributed by atoms with van der Waals surface area (Å²) in [5.41, 5.74) is 2.40. The lowest BCUT2D eigenvalue weighted by Crippen LogP contribution is -2.39. The molecule has 0 atom stereocenters. The Morgan fingerprint density at radius 1 is 1.16 bits per heavy atom. The Hall–Kier alpha value is -2.82. The zero-order valence-corrected chi connectivity index (χ0v) is 14.2. The molecule has 0 fully saturated rings. The summed E-state index contributed by atoms with van der Waals surface area (Å²) in [6.07, 6.45) is 2.41. The standard InChI is InChI=1S/C20H21NO4/c1-15-4-7-17(8-5-15)24-11-3-2-10-21-18-12-16(13-22)6-9-19(18)25-14-20(21)23/h4-9,12-13H,2-3,10-11,14H2,1H3. The second kappa shape index (κ2) is 7.83. The highest BCUT2D eigenvalue weighted by atomic mass is 16.5. The van der Waals surface area contributed by atoms with Crippen molar-refractivity contribution in [2.24, 2.45) is 0 Å². The van der Waals surface area contributed by atoms with Crippen LogP contribution in [0.1, 0.15) is 28.8 Å². The Bertz CT molecular complexity index is 755. The van der Waals surface area contributed by atoms with E-state index in [2.05, 4.69) is 0 Å². The van der Waals surface area contributed by atoms with E-state index in [4.69, 9.17) is 9.47 Å². The van der Waals surface area contributed by atoms with Crippen molar-refractivity contribution >= 4 is 17.9 Å². The van der Waals surface area contributed by atoms with E-state index in [1.54, 1.807) is 23.1 Å². The first-order valence-electron chi connectivity index (χ1n) is 8.39. The molecule has 0 N–H and O–H groups in total. The monoisotopic (exact) mass is 339 g/mol. The van der Waals surface area contributed by atoms with Crippen LogP contribution < -0.4 is 14.4 Å². The molecule has 5 nitrogen and oxygen atoms in total. The van der Waals surface area contributed by atoms with Gasteiger partial charge in [0.1, 0.15) is 17.8 Å². The molecule has 3 rings (SSSR count). The number of rotatable bonds is 7. The summed E-state index contributed by atoms with van der Waals surface area (Å²) in [6.45, 7) is 3.25. The van der Waals surface area contributed by atoms with Gasteiger partial charge in [-0.15, -0.1) is 0 Å². The first-order valence-corrected chi connectivity index (χ1v) is 8.39. The van der Waals surface area contributed by atoms with Crippen LogP contribution in [0, 0.1) is 6.92 Å². The molecule has 1 amide bonds. The number of aryl methyl sites for hydroxylation is 1. The Kier molecular flexibility index (Phi) is 5.33. The first-order chi connectivity index (χ1) is 12.2. The van der Waals surface area contributed by atoms with E-state index in [0.29, 0.717) is 30.2 Å². The maximum Gasteiger partial charge on any atom is 0.265 e. The van der Waals surface area contributed by atoms with Gasteiger partial charge in [-0.3, -0.25) is 9.59 Å². The van der Waals surface area contributed by atoms with Crippen LogP contribution in [0.4, 0.5) is 5.69 Å². The lowest BCUT2D eigenvalue weighted by atomic mass is 10.1. The molecule has 0 unspecified atom stereocenters. The third-order valence-corrected chi connectivity index (χ3v) is 4.13. The highest BCUT2D eigenvalue weighted by Crippen LogP contribution is 2.32. The lowest BCUT2D eigenvalue weighted by Gasteiger charge is -2.29. The Morgan fingerprint density at radius 2 is 1.96 bits per heavy atom. The molecule has 0 spiro atoms. The van der Waals surface area contributed by atoms with Crippen LogP contribution in [0.3, 0.4) is 0 Å². The van der Waals surface area contributed by atoms with Crippen molar-refractivity contribution in [1.29, 1.82) is 0 Å². The first kappa shape index (κ1) is 17.0. The minimum atomic E-state index is -0.0880. The normalized spacial score (nSPS) is 13.2. The number of benzene rings is 2. The highest BCUT2D eigenvalue weighted by Gasteiger charge is 2.25. The van der Waals surface area contributed by atoms with Gasteiger partial charge in [0.2, 0.25) is 0 Å². The molecular weight excluding hydrogens is 318 g/mol. The van der Waals surface area contributed by atoms with E-state index < -0.39 is 0 Å². The minimum Gasteiger partial charge on any atom is -0.494 e. The number of nitrogens with zero attached hydrogens (tertiary/aromatic N) is 1. The van der Waals surface area contributed by atoms with Crippen molar-refractivity contribution in [3.63, 3.8) is 0 Å².